The molecule has 0 aliphatic carbocycles. The maximum atomic E-state index is 11.8. The molecule has 1 unspecified atom stereocenters. The van der Waals surface area contributed by atoms with Crippen molar-refractivity contribution in [1.29, 1.82) is 0 Å². The Morgan fingerprint density at radius 3 is 2.94 bits per heavy atom. The lowest BCUT2D eigenvalue weighted by Crippen LogP contribution is -2.25. The Hall–Kier alpha value is -1.26. The van der Waals surface area contributed by atoms with Crippen LogP contribution in [0.4, 0.5) is 5.69 Å². The lowest BCUT2D eigenvalue weighted by molar-refractivity contribution is 0.0952. The molecule has 0 radical (unpaired) electrons. The van der Waals surface area contributed by atoms with E-state index in [-0.39, 0.29) is 18.4 Å². The summed E-state index contributed by atoms with van der Waals surface area (Å²) in [4.78, 5) is 11.8. The van der Waals surface area contributed by atoms with Crippen LogP contribution in [0.5, 0.6) is 0 Å². The SMILES string of the molecule is CC(CO)CCCNC(=O)c1cccc(N)c1Cl. The summed E-state index contributed by atoms with van der Waals surface area (Å²) in [5.41, 5.74) is 6.43. The highest BCUT2D eigenvalue weighted by Crippen LogP contribution is 2.22. The number of carbonyl (C=O) groups excluding carboxylic acids is 1. The average Bonchev–Trinajstić information content (AvgIpc) is 2.37. The van der Waals surface area contributed by atoms with Gasteiger partial charge in [0.15, 0.2) is 0 Å². The molecule has 0 spiro atoms. The highest BCUT2D eigenvalue weighted by atomic mass is 35.5. The molecule has 0 aliphatic rings. The number of nitrogen functional groups attached to an aromatic ring is 1. The quantitative estimate of drug-likeness (QED) is 0.547. The minimum absolute atomic E-state index is 0.176. The Bertz CT molecular complexity index is 410. The Kier molecular flexibility index (Phi) is 5.95. The van der Waals surface area contributed by atoms with Gasteiger partial charge in [-0.1, -0.05) is 24.6 Å². The van der Waals surface area contributed by atoms with Gasteiger partial charge in [0.1, 0.15) is 0 Å². The van der Waals surface area contributed by atoms with Gasteiger partial charge in [0.05, 0.1) is 16.3 Å². The standard InChI is InChI=1S/C13H19ClN2O2/c1-9(8-17)4-3-7-16-13(18)10-5-2-6-11(15)12(10)14/h2,5-6,9,17H,3-4,7-8,15H2,1H3,(H,16,18). The van der Waals surface area contributed by atoms with Crippen LogP contribution in [0.25, 0.3) is 0 Å². The summed E-state index contributed by atoms with van der Waals surface area (Å²) in [7, 11) is 0. The van der Waals surface area contributed by atoms with Crippen LogP contribution in [0, 0.1) is 5.92 Å². The van der Waals surface area contributed by atoms with Gasteiger partial charge in [-0.05, 0) is 30.9 Å². The summed E-state index contributed by atoms with van der Waals surface area (Å²) in [6.07, 6.45) is 1.70. The number of nitrogens with one attached hydrogen (secondary N) is 1. The Balaban J connectivity index is 2.44. The molecule has 18 heavy (non-hydrogen) atoms. The molecular weight excluding hydrogens is 252 g/mol. The minimum Gasteiger partial charge on any atom is -0.398 e. The fraction of sp³-hybridized carbons (Fsp3) is 0.462. The zero-order valence-corrected chi connectivity index (χ0v) is 11.2. The smallest absolute Gasteiger partial charge is 0.252 e. The number of aliphatic hydroxyl groups is 1. The van der Waals surface area contributed by atoms with Gasteiger partial charge in [-0.25, -0.2) is 0 Å². The van der Waals surface area contributed by atoms with Gasteiger partial charge in [0.2, 0.25) is 0 Å². The molecular formula is C13H19ClN2O2. The van der Waals surface area contributed by atoms with E-state index in [0.717, 1.165) is 12.8 Å². The van der Waals surface area contributed by atoms with Crippen molar-refractivity contribution < 1.29 is 9.90 Å². The minimum atomic E-state index is -0.219. The van der Waals surface area contributed by atoms with Crippen molar-refractivity contribution in [3.8, 4) is 0 Å². The molecule has 1 rings (SSSR count). The highest BCUT2D eigenvalue weighted by Gasteiger charge is 2.11. The molecule has 0 bridgehead atoms. The van der Waals surface area contributed by atoms with Crippen molar-refractivity contribution in [3.63, 3.8) is 0 Å². The van der Waals surface area contributed by atoms with E-state index in [9.17, 15) is 4.79 Å². The van der Waals surface area contributed by atoms with Gasteiger partial charge in [-0.3, -0.25) is 4.79 Å². The zero-order chi connectivity index (χ0) is 13.5. The number of aliphatic hydroxyl groups excluding tert-OH is 1. The molecule has 1 aromatic rings. The average molecular weight is 271 g/mol. The van der Waals surface area contributed by atoms with Gasteiger partial charge < -0.3 is 16.2 Å². The Morgan fingerprint density at radius 1 is 1.56 bits per heavy atom. The number of benzene rings is 1. The molecule has 0 fully saturated rings. The van der Waals surface area contributed by atoms with Gasteiger partial charge in [-0.2, -0.15) is 0 Å². The molecule has 4 nitrogen and oxygen atoms in total. The van der Waals surface area contributed by atoms with E-state index in [4.69, 9.17) is 22.4 Å². The normalized spacial score (nSPS) is 12.2. The number of hydrogen-bond donors (Lipinski definition) is 3. The fourth-order valence-electron chi connectivity index (χ4n) is 1.56. The molecule has 4 N–H and O–H groups in total. The molecule has 1 atom stereocenters. The topological polar surface area (TPSA) is 75.3 Å². The number of nitrogens with two attached hydrogens (primary N) is 1. The second-order valence-electron chi connectivity index (χ2n) is 4.39. The summed E-state index contributed by atoms with van der Waals surface area (Å²) in [6.45, 7) is 2.71. The molecule has 0 heterocycles. The van der Waals surface area contributed by atoms with Crippen molar-refractivity contribution in [2.75, 3.05) is 18.9 Å². The third-order valence-electron chi connectivity index (χ3n) is 2.74. The molecule has 0 saturated carbocycles. The van der Waals surface area contributed by atoms with Crippen LogP contribution in [0.15, 0.2) is 18.2 Å². The third kappa shape index (κ3) is 4.20. The summed E-state index contributed by atoms with van der Waals surface area (Å²) in [6, 6.07) is 5.00. The second kappa shape index (κ2) is 7.24. The number of amides is 1. The van der Waals surface area contributed by atoms with E-state index < -0.39 is 0 Å². The van der Waals surface area contributed by atoms with Crippen LogP contribution < -0.4 is 11.1 Å². The van der Waals surface area contributed by atoms with E-state index in [1.807, 2.05) is 6.92 Å². The Morgan fingerprint density at radius 2 is 2.28 bits per heavy atom. The maximum Gasteiger partial charge on any atom is 0.252 e. The molecule has 100 valence electrons. The molecule has 0 aromatic heterocycles. The van der Waals surface area contributed by atoms with Crippen molar-refractivity contribution in [1.82, 2.24) is 5.32 Å². The number of halogens is 1. The van der Waals surface area contributed by atoms with Gasteiger partial charge in [-0.15, -0.1) is 0 Å². The molecule has 1 aromatic carbocycles. The summed E-state index contributed by atoms with van der Waals surface area (Å²) < 4.78 is 0. The van der Waals surface area contributed by atoms with Crippen molar-refractivity contribution >= 4 is 23.2 Å². The zero-order valence-electron chi connectivity index (χ0n) is 10.4. The van der Waals surface area contributed by atoms with Crippen LogP contribution in [-0.4, -0.2) is 24.2 Å². The first-order valence-corrected chi connectivity index (χ1v) is 6.37. The molecule has 5 heteroatoms. The molecule has 1 amide bonds. The molecule has 0 aliphatic heterocycles. The monoisotopic (exact) mass is 270 g/mol. The largest absolute Gasteiger partial charge is 0.398 e. The summed E-state index contributed by atoms with van der Waals surface area (Å²) in [5.74, 6) is 0.0433. The van der Waals surface area contributed by atoms with Crippen LogP contribution >= 0.6 is 11.6 Å². The fourth-order valence-corrected chi connectivity index (χ4v) is 1.78. The number of rotatable bonds is 6. The van der Waals surface area contributed by atoms with Crippen LogP contribution in [-0.2, 0) is 0 Å². The summed E-state index contributed by atoms with van der Waals surface area (Å²) in [5, 5.41) is 11.9. The Labute approximate surface area is 112 Å². The van der Waals surface area contributed by atoms with E-state index in [1.165, 1.54) is 0 Å². The van der Waals surface area contributed by atoms with Crippen LogP contribution in [0.2, 0.25) is 5.02 Å². The predicted molar refractivity (Wildman–Crippen MR) is 73.7 cm³/mol. The summed E-state index contributed by atoms with van der Waals surface area (Å²) >= 11 is 5.95. The lowest BCUT2D eigenvalue weighted by atomic mass is 10.1. The van der Waals surface area contributed by atoms with Crippen LogP contribution in [0.3, 0.4) is 0 Å². The van der Waals surface area contributed by atoms with Crippen molar-refractivity contribution in [2.45, 2.75) is 19.8 Å². The number of carbonyl (C=O) groups is 1. The predicted octanol–water partition coefficient (Wildman–Crippen LogP) is 2.06. The van der Waals surface area contributed by atoms with Crippen molar-refractivity contribution in [2.24, 2.45) is 5.92 Å². The van der Waals surface area contributed by atoms with E-state index in [0.29, 0.717) is 22.8 Å². The van der Waals surface area contributed by atoms with Gasteiger partial charge >= 0.3 is 0 Å². The van der Waals surface area contributed by atoms with Crippen molar-refractivity contribution in [3.05, 3.63) is 28.8 Å². The molecule has 0 saturated heterocycles. The number of anilines is 1. The second-order valence-corrected chi connectivity index (χ2v) is 4.77. The first kappa shape index (κ1) is 14.8. The number of hydrogen-bond acceptors (Lipinski definition) is 3. The van der Waals surface area contributed by atoms with Gasteiger partial charge in [0.25, 0.3) is 5.91 Å². The van der Waals surface area contributed by atoms with E-state index in [2.05, 4.69) is 5.32 Å². The van der Waals surface area contributed by atoms with Crippen LogP contribution in [0.1, 0.15) is 30.1 Å². The van der Waals surface area contributed by atoms with E-state index in [1.54, 1.807) is 18.2 Å². The van der Waals surface area contributed by atoms with E-state index >= 15 is 0 Å². The maximum absolute atomic E-state index is 11.8. The first-order valence-electron chi connectivity index (χ1n) is 5.99. The first-order chi connectivity index (χ1) is 8.56. The van der Waals surface area contributed by atoms with Gasteiger partial charge in [0, 0.05) is 13.2 Å². The lowest BCUT2D eigenvalue weighted by Gasteiger charge is -2.10. The highest BCUT2D eigenvalue weighted by molar-refractivity contribution is 6.36. The third-order valence-corrected chi connectivity index (χ3v) is 3.17.